The van der Waals surface area contributed by atoms with Crippen LogP contribution in [0.25, 0.3) is 0 Å². The Morgan fingerprint density at radius 2 is 2.19 bits per heavy atom. The van der Waals surface area contributed by atoms with Crippen molar-refractivity contribution < 1.29 is 4.74 Å². The van der Waals surface area contributed by atoms with Crippen molar-refractivity contribution in [3.63, 3.8) is 0 Å². The molecule has 5 nitrogen and oxygen atoms in total. The van der Waals surface area contributed by atoms with Crippen LogP contribution in [0.3, 0.4) is 0 Å². The zero-order chi connectivity index (χ0) is 18.9. The Labute approximate surface area is 165 Å². The number of methoxy groups -OCH3 is 1. The Morgan fingerprint density at radius 1 is 1.38 bits per heavy atom. The highest BCUT2D eigenvalue weighted by Gasteiger charge is 2.13. The van der Waals surface area contributed by atoms with E-state index in [9.17, 15) is 0 Å². The van der Waals surface area contributed by atoms with Crippen LogP contribution in [-0.2, 0) is 17.7 Å². The summed E-state index contributed by atoms with van der Waals surface area (Å²) in [6.45, 7) is 8.77. The van der Waals surface area contributed by atoms with Gasteiger partial charge in [0.2, 0.25) is 0 Å². The molecule has 0 aliphatic rings. The SMILES string of the molecule is CCNC(=NCC(C)Cc1cccs1)N(C)Cc1csc(C(C)OC)n1. The summed E-state index contributed by atoms with van der Waals surface area (Å²) in [6.07, 6.45) is 1.12. The van der Waals surface area contributed by atoms with Gasteiger partial charge in [-0.2, -0.15) is 0 Å². The van der Waals surface area contributed by atoms with Gasteiger partial charge in [-0.3, -0.25) is 4.99 Å². The summed E-state index contributed by atoms with van der Waals surface area (Å²) in [5, 5.41) is 8.64. The van der Waals surface area contributed by atoms with E-state index in [1.54, 1.807) is 18.4 Å². The van der Waals surface area contributed by atoms with Gasteiger partial charge in [0.1, 0.15) is 11.1 Å². The van der Waals surface area contributed by atoms with E-state index < -0.39 is 0 Å². The largest absolute Gasteiger partial charge is 0.375 e. The van der Waals surface area contributed by atoms with E-state index in [1.807, 2.05) is 18.3 Å². The van der Waals surface area contributed by atoms with Crippen molar-refractivity contribution in [1.82, 2.24) is 15.2 Å². The molecule has 2 heterocycles. The van der Waals surface area contributed by atoms with E-state index in [-0.39, 0.29) is 6.10 Å². The topological polar surface area (TPSA) is 49.8 Å². The molecule has 2 unspecified atom stereocenters. The molecule has 0 spiro atoms. The van der Waals surface area contributed by atoms with Gasteiger partial charge in [-0.25, -0.2) is 4.98 Å². The first kappa shape index (κ1) is 20.9. The fourth-order valence-corrected chi connectivity index (χ4v) is 4.26. The first-order valence-corrected chi connectivity index (χ1v) is 10.8. The van der Waals surface area contributed by atoms with Gasteiger partial charge < -0.3 is 15.0 Å². The van der Waals surface area contributed by atoms with Gasteiger partial charge >= 0.3 is 0 Å². The number of hydrogen-bond acceptors (Lipinski definition) is 5. The van der Waals surface area contributed by atoms with E-state index in [4.69, 9.17) is 9.73 Å². The number of hydrogen-bond donors (Lipinski definition) is 1. The molecule has 144 valence electrons. The molecule has 2 rings (SSSR count). The summed E-state index contributed by atoms with van der Waals surface area (Å²) in [6, 6.07) is 4.31. The molecule has 2 aromatic rings. The number of aromatic nitrogens is 1. The minimum absolute atomic E-state index is 0.0408. The van der Waals surface area contributed by atoms with Gasteiger partial charge in [-0.05, 0) is 37.6 Å². The highest BCUT2D eigenvalue weighted by Crippen LogP contribution is 2.21. The number of nitrogens with one attached hydrogen (secondary N) is 1. The summed E-state index contributed by atoms with van der Waals surface area (Å²) < 4.78 is 5.35. The van der Waals surface area contributed by atoms with Crippen LogP contribution in [0, 0.1) is 5.92 Å². The third-order valence-corrected chi connectivity index (χ3v) is 6.00. The van der Waals surface area contributed by atoms with Crippen molar-refractivity contribution in [3.8, 4) is 0 Å². The van der Waals surface area contributed by atoms with Crippen LogP contribution < -0.4 is 5.32 Å². The average Bonchev–Trinajstić information content (AvgIpc) is 3.29. The van der Waals surface area contributed by atoms with Crippen LogP contribution in [-0.4, -0.2) is 43.1 Å². The molecule has 1 N–H and O–H groups in total. The Balaban J connectivity index is 1.94. The van der Waals surface area contributed by atoms with Crippen molar-refractivity contribution in [2.75, 3.05) is 27.2 Å². The summed E-state index contributed by atoms with van der Waals surface area (Å²) in [5.74, 6) is 1.45. The molecular weight excluding hydrogens is 364 g/mol. The Kier molecular flexibility index (Phi) is 8.54. The lowest BCUT2D eigenvalue weighted by molar-refractivity contribution is 0.119. The standard InChI is InChI=1S/C19H30N4OS2/c1-6-20-19(21-11-14(2)10-17-8-7-9-25-17)23(4)12-16-13-26-18(22-16)15(3)24-5/h7-9,13-15H,6,10-12H2,1-5H3,(H,20,21). The lowest BCUT2D eigenvalue weighted by atomic mass is 10.1. The second-order valence-electron chi connectivity index (χ2n) is 6.49. The monoisotopic (exact) mass is 394 g/mol. The number of aliphatic imine (C=N–C) groups is 1. The molecule has 0 bridgehead atoms. The van der Waals surface area contributed by atoms with Crippen LogP contribution in [0.1, 0.15) is 42.5 Å². The Morgan fingerprint density at radius 3 is 2.85 bits per heavy atom. The molecule has 0 fully saturated rings. The number of thiophene rings is 1. The molecule has 0 aromatic carbocycles. The maximum atomic E-state index is 5.35. The lowest BCUT2D eigenvalue weighted by Crippen LogP contribution is -2.39. The second kappa shape index (κ2) is 10.6. The third-order valence-electron chi connectivity index (χ3n) is 4.05. The van der Waals surface area contributed by atoms with Gasteiger partial charge in [-0.1, -0.05) is 13.0 Å². The first-order valence-electron chi connectivity index (χ1n) is 9.02. The quantitative estimate of drug-likeness (QED) is 0.512. The predicted molar refractivity (Wildman–Crippen MR) is 112 cm³/mol. The van der Waals surface area contributed by atoms with Gasteiger partial charge in [0, 0.05) is 37.5 Å². The summed E-state index contributed by atoms with van der Waals surface area (Å²) in [4.78, 5) is 13.1. The smallest absolute Gasteiger partial charge is 0.194 e. The zero-order valence-electron chi connectivity index (χ0n) is 16.4. The summed E-state index contributed by atoms with van der Waals surface area (Å²) in [7, 11) is 3.77. The molecule has 26 heavy (non-hydrogen) atoms. The Hall–Kier alpha value is -1.44. The van der Waals surface area contributed by atoms with Gasteiger partial charge in [0.25, 0.3) is 0 Å². The number of nitrogens with zero attached hydrogens (tertiary/aromatic N) is 3. The highest BCUT2D eigenvalue weighted by molar-refractivity contribution is 7.10. The van der Waals surface area contributed by atoms with E-state index in [0.717, 1.165) is 42.7 Å². The van der Waals surface area contributed by atoms with Gasteiger partial charge in [-0.15, -0.1) is 22.7 Å². The van der Waals surface area contributed by atoms with Crippen molar-refractivity contribution in [2.24, 2.45) is 10.9 Å². The molecule has 0 saturated heterocycles. The van der Waals surface area contributed by atoms with Crippen LogP contribution in [0.4, 0.5) is 0 Å². The average molecular weight is 395 g/mol. The zero-order valence-corrected chi connectivity index (χ0v) is 18.0. The molecule has 7 heteroatoms. The van der Waals surface area contributed by atoms with Crippen LogP contribution >= 0.6 is 22.7 Å². The summed E-state index contributed by atoms with van der Waals surface area (Å²) in [5.41, 5.74) is 1.05. The van der Waals surface area contributed by atoms with E-state index in [1.165, 1.54) is 4.88 Å². The maximum Gasteiger partial charge on any atom is 0.194 e. The van der Waals surface area contributed by atoms with Gasteiger partial charge in [0.15, 0.2) is 5.96 Å². The number of rotatable bonds is 9. The van der Waals surface area contributed by atoms with Crippen molar-refractivity contribution >= 4 is 28.6 Å². The van der Waals surface area contributed by atoms with Crippen LogP contribution in [0.5, 0.6) is 0 Å². The number of ether oxygens (including phenoxy) is 1. The predicted octanol–water partition coefficient (Wildman–Crippen LogP) is 4.19. The normalized spacial score (nSPS) is 14.3. The molecule has 0 radical (unpaired) electrons. The van der Waals surface area contributed by atoms with E-state index >= 15 is 0 Å². The van der Waals surface area contributed by atoms with E-state index in [2.05, 4.69) is 59.0 Å². The first-order chi connectivity index (χ1) is 12.5. The molecule has 2 atom stereocenters. The summed E-state index contributed by atoms with van der Waals surface area (Å²) >= 11 is 3.47. The minimum Gasteiger partial charge on any atom is -0.375 e. The molecule has 0 aliphatic heterocycles. The van der Waals surface area contributed by atoms with E-state index in [0.29, 0.717) is 5.92 Å². The van der Waals surface area contributed by atoms with Crippen molar-refractivity contribution in [2.45, 2.75) is 39.8 Å². The third kappa shape index (κ3) is 6.37. The lowest BCUT2D eigenvalue weighted by Gasteiger charge is -2.22. The molecule has 0 saturated carbocycles. The Bertz CT molecular complexity index is 669. The second-order valence-corrected chi connectivity index (χ2v) is 8.42. The molecular formula is C19H30N4OS2. The highest BCUT2D eigenvalue weighted by atomic mass is 32.1. The maximum absolute atomic E-state index is 5.35. The van der Waals surface area contributed by atoms with Crippen molar-refractivity contribution in [3.05, 3.63) is 38.5 Å². The fraction of sp³-hybridized carbons (Fsp3) is 0.579. The fourth-order valence-electron chi connectivity index (χ4n) is 2.55. The number of guanidine groups is 1. The molecule has 0 aliphatic carbocycles. The molecule has 0 amide bonds. The molecule has 2 aromatic heterocycles. The minimum atomic E-state index is 0.0408. The van der Waals surface area contributed by atoms with Crippen LogP contribution in [0.15, 0.2) is 27.9 Å². The van der Waals surface area contributed by atoms with Gasteiger partial charge in [0.05, 0.1) is 12.2 Å². The number of thiazole rings is 1. The van der Waals surface area contributed by atoms with Crippen molar-refractivity contribution in [1.29, 1.82) is 0 Å². The van der Waals surface area contributed by atoms with Crippen LogP contribution in [0.2, 0.25) is 0 Å².